The summed E-state index contributed by atoms with van der Waals surface area (Å²) in [6, 6.07) is 3.90. The highest BCUT2D eigenvalue weighted by Gasteiger charge is 2.21. The van der Waals surface area contributed by atoms with Gasteiger partial charge in [-0.15, -0.1) is 0 Å². The zero-order valence-corrected chi connectivity index (χ0v) is 8.60. The summed E-state index contributed by atoms with van der Waals surface area (Å²) in [7, 11) is 1.67. The van der Waals surface area contributed by atoms with Crippen molar-refractivity contribution in [1.82, 2.24) is 14.7 Å². The third-order valence-electron chi connectivity index (χ3n) is 2.89. The average Bonchev–Trinajstić information content (AvgIpc) is 2.56. The highest BCUT2D eigenvalue weighted by Crippen LogP contribution is 2.21. The van der Waals surface area contributed by atoms with Crippen molar-refractivity contribution in [2.75, 3.05) is 20.2 Å². The van der Waals surface area contributed by atoms with E-state index in [4.69, 9.17) is 4.74 Å². The van der Waals surface area contributed by atoms with E-state index in [1.165, 1.54) is 5.69 Å². The summed E-state index contributed by atoms with van der Waals surface area (Å²) in [4.78, 5) is 4.59. The van der Waals surface area contributed by atoms with E-state index >= 15 is 0 Å². The van der Waals surface area contributed by atoms with Gasteiger partial charge in [-0.2, -0.15) is 0 Å². The number of aromatic nitrogens is 2. The molecule has 1 aliphatic rings. The molecule has 0 saturated carbocycles. The Morgan fingerprint density at radius 1 is 1.53 bits per heavy atom. The quantitative estimate of drug-likeness (QED) is 0.792. The van der Waals surface area contributed by atoms with Gasteiger partial charge in [-0.05, 0) is 6.07 Å². The van der Waals surface area contributed by atoms with Crippen molar-refractivity contribution in [1.29, 1.82) is 0 Å². The van der Waals surface area contributed by atoms with Crippen LogP contribution in [-0.2, 0) is 0 Å². The van der Waals surface area contributed by atoms with Crippen LogP contribution in [0.2, 0.25) is 0 Å². The molecule has 2 aromatic rings. The van der Waals surface area contributed by atoms with E-state index in [2.05, 4.69) is 16.5 Å². The average molecular weight is 203 g/mol. The first-order valence-electron chi connectivity index (χ1n) is 5.10. The molecule has 2 aromatic heterocycles. The van der Waals surface area contributed by atoms with Crippen molar-refractivity contribution in [3.63, 3.8) is 0 Å². The van der Waals surface area contributed by atoms with E-state index in [-0.39, 0.29) is 0 Å². The lowest BCUT2D eigenvalue weighted by molar-refractivity contribution is 0.414. The predicted octanol–water partition coefficient (Wildman–Crippen LogP) is 1.03. The molecule has 1 fully saturated rings. The van der Waals surface area contributed by atoms with Gasteiger partial charge in [0.15, 0.2) is 0 Å². The summed E-state index contributed by atoms with van der Waals surface area (Å²) in [5, 5.41) is 3.25. The number of hydrogen-bond donors (Lipinski definition) is 1. The first kappa shape index (κ1) is 8.73. The molecule has 78 valence electrons. The number of fused-ring (bicyclic) bond motifs is 1. The van der Waals surface area contributed by atoms with Gasteiger partial charge in [-0.3, -0.25) is 0 Å². The Bertz CT molecular complexity index is 488. The molecule has 0 amide bonds. The standard InChI is InChI=1S/C11H13N3O/c1-15-9-2-3-14-7-10(8-5-12-6-8)13-11(14)4-9/h2-4,7-8,12H,5-6H2,1H3. The fourth-order valence-corrected chi connectivity index (χ4v) is 1.80. The van der Waals surface area contributed by atoms with Crippen molar-refractivity contribution < 1.29 is 4.74 Å². The van der Waals surface area contributed by atoms with E-state index in [0.717, 1.165) is 24.5 Å². The third-order valence-corrected chi connectivity index (χ3v) is 2.89. The minimum atomic E-state index is 0.580. The number of hydrogen-bond acceptors (Lipinski definition) is 3. The number of methoxy groups -OCH3 is 1. The summed E-state index contributed by atoms with van der Waals surface area (Å²) in [6.45, 7) is 2.09. The Balaban J connectivity index is 2.04. The molecule has 0 bridgehead atoms. The maximum atomic E-state index is 5.17. The monoisotopic (exact) mass is 203 g/mol. The first-order chi connectivity index (χ1) is 7.36. The molecule has 15 heavy (non-hydrogen) atoms. The molecular formula is C11H13N3O. The molecular weight excluding hydrogens is 190 g/mol. The molecule has 4 nitrogen and oxygen atoms in total. The Morgan fingerprint density at radius 3 is 3.07 bits per heavy atom. The Hall–Kier alpha value is -1.55. The topological polar surface area (TPSA) is 38.6 Å². The van der Waals surface area contributed by atoms with Crippen LogP contribution in [0.5, 0.6) is 5.75 Å². The SMILES string of the molecule is COc1ccn2cc(C3CNC3)nc2c1. The number of rotatable bonds is 2. The van der Waals surface area contributed by atoms with Crippen LogP contribution >= 0.6 is 0 Å². The van der Waals surface area contributed by atoms with Gasteiger partial charge in [0.1, 0.15) is 11.4 Å². The molecule has 0 atom stereocenters. The zero-order chi connectivity index (χ0) is 10.3. The second-order valence-corrected chi connectivity index (χ2v) is 3.85. The number of ether oxygens (including phenoxy) is 1. The number of pyridine rings is 1. The Kier molecular flexibility index (Phi) is 1.89. The molecule has 3 rings (SSSR count). The molecule has 0 radical (unpaired) electrons. The van der Waals surface area contributed by atoms with Gasteiger partial charge in [0.2, 0.25) is 0 Å². The molecule has 0 aromatic carbocycles. The van der Waals surface area contributed by atoms with Crippen LogP contribution < -0.4 is 10.1 Å². The van der Waals surface area contributed by atoms with E-state index < -0.39 is 0 Å². The van der Waals surface area contributed by atoms with Crippen LogP contribution in [0.15, 0.2) is 24.5 Å². The van der Waals surface area contributed by atoms with Crippen LogP contribution in [0, 0.1) is 0 Å². The lowest BCUT2D eigenvalue weighted by Crippen LogP contribution is -2.40. The highest BCUT2D eigenvalue weighted by molar-refractivity contribution is 5.46. The number of nitrogens with one attached hydrogen (secondary N) is 1. The fourth-order valence-electron chi connectivity index (χ4n) is 1.80. The van der Waals surface area contributed by atoms with Crippen molar-refractivity contribution in [2.24, 2.45) is 0 Å². The first-order valence-corrected chi connectivity index (χ1v) is 5.10. The minimum Gasteiger partial charge on any atom is -0.497 e. The predicted molar refractivity (Wildman–Crippen MR) is 57.4 cm³/mol. The van der Waals surface area contributed by atoms with Crippen LogP contribution in [0.3, 0.4) is 0 Å². The minimum absolute atomic E-state index is 0.580. The van der Waals surface area contributed by atoms with Crippen LogP contribution in [0.25, 0.3) is 5.65 Å². The summed E-state index contributed by atoms with van der Waals surface area (Å²) in [5.41, 5.74) is 2.12. The maximum Gasteiger partial charge on any atom is 0.140 e. The highest BCUT2D eigenvalue weighted by atomic mass is 16.5. The van der Waals surface area contributed by atoms with Crippen molar-refractivity contribution >= 4 is 5.65 Å². The normalized spacial score (nSPS) is 16.6. The fraction of sp³-hybridized carbons (Fsp3) is 0.364. The lowest BCUT2D eigenvalue weighted by Gasteiger charge is -2.24. The molecule has 1 aliphatic heterocycles. The molecule has 1 saturated heterocycles. The second kappa shape index (κ2) is 3.24. The van der Waals surface area contributed by atoms with Gasteiger partial charge in [0, 0.05) is 37.5 Å². The van der Waals surface area contributed by atoms with Crippen LogP contribution in [-0.4, -0.2) is 29.6 Å². The van der Waals surface area contributed by atoms with Gasteiger partial charge in [-0.1, -0.05) is 0 Å². The lowest BCUT2D eigenvalue weighted by atomic mass is 10.0. The van der Waals surface area contributed by atoms with Crippen molar-refractivity contribution in [3.05, 3.63) is 30.2 Å². The summed E-state index contributed by atoms with van der Waals surface area (Å²) in [5.74, 6) is 1.43. The maximum absolute atomic E-state index is 5.17. The molecule has 0 unspecified atom stereocenters. The van der Waals surface area contributed by atoms with Crippen molar-refractivity contribution in [2.45, 2.75) is 5.92 Å². The van der Waals surface area contributed by atoms with Crippen LogP contribution in [0.4, 0.5) is 0 Å². The molecule has 3 heterocycles. The molecule has 0 spiro atoms. The number of imidazole rings is 1. The smallest absolute Gasteiger partial charge is 0.140 e. The van der Waals surface area contributed by atoms with Gasteiger partial charge < -0.3 is 14.5 Å². The molecule has 4 heteroatoms. The van der Waals surface area contributed by atoms with E-state index in [1.54, 1.807) is 7.11 Å². The van der Waals surface area contributed by atoms with Gasteiger partial charge >= 0.3 is 0 Å². The number of nitrogens with zero attached hydrogens (tertiary/aromatic N) is 2. The van der Waals surface area contributed by atoms with E-state index in [9.17, 15) is 0 Å². The molecule has 1 N–H and O–H groups in total. The zero-order valence-electron chi connectivity index (χ0n) is 8.60. The third kappa shape index (κ3) is 1.37. The Morgan fingerprint density at radius 2 is 2.40 bits per heavy atom. The van der Waals surface area contributed by atoms with Gasteiger partial charge in [0.25, 0.3) is 0 Å². The van der Waals surface area contributed by atoms with E-state index in [1.807, 2.05) is 22.7 Å². The van der Waals surface area contributed by atoms with Gasteiger partial charge in [0.05, 0.1) is 12.8 Å². The van der Waals surface area contributed by atoms with E-state index in [0.29, 0.717) is 5.92 Å². The van der Waals surface area contributed by atoms with Gasteiger partial charge in [-0.25, -0.2) is 4.98 Å². The molecule has 0 aliphatic carbocycles. The van der Waals surface area contributed by atoms with Crippen molar-refractivity contribution in [3.8, 4) is 5.75 Å². The summed E-state index contributed by atoms with van der Waals surface area (Å²) in [6.07, 6.45) is 4.08. The Labute approximate surface area is 87.9 Å². The summed E-state index contributed by atoms with van der Waals surface area (Å²) >= 11 is 0. The largest absolute Gasteiger partial charge is 0.497 e. The second-order valence-electron chi connectivity index (χ2n) is 3.85. The van der Waals surface area contributed by atoms with Crippen LogP contribution in [0.1, 0.15) is 11.6 Å². The summed E-state index contributed by atoms with van der Waals surface area (Å²) < 4.78 is 7.20.